The molecule has 0 radical (unpaired) electrons. The van der Waals surface area contributed by atoms with Crippen molar-refractivity contribution >= 4 is 22.9 Å². The van der Waals surface area contributed by atoms with Gasteiger partial charge in [-0.1, -0.05) is 12.1 Å². The summed E-state index contributed by atoms with van der Waals surface area (Å²) in [7, 11) is 0. The summed E-state index contributed by atoms with van der Waals surface area (Å²) in [6.07, 6.45) is -0.851. The Morgan fingerprint density at radius 1 is 0.938 bits per heavy atom. The van der Waals surface area contributed by atoms with Crippen LogP contribution >= 0.6 is 0 Å². The van der Waals surface area contributed by atoms with E-state index in [0.717, 1.165) is 26.1 Å². The van der Waals surface area contributed by atoms with Gasteiger partial charge in [-0.3, -0.25) is 4.57 Å². The average molecular weight is 445 g/mol. The van der Waals surface area contributed by atoms with E-state index in [-0.39, 0.29) is 11.8 Å². The van der Waals surface area contributed by atoms with Crippen molar-refractivity contribution in [2.45, 2.75) is 19.3 Å². The van der Waals surface area contributed by atoms with Crippen LogP contribution in [0.25, 0.3) is 17.0 Å². The fourth-order valence-electron chi connectivity index (χ4n) is 4.03. The van der Waals surface area contributed by atoms with Gasteiger partial charge in [0.15, 0.2) is 5.82 Å². The second-order valence-corrected chi connectivity index (χ2v) is 7.89. The maximum atomic E-state index is 13.9. The molecule has 0 spiro atoms. The Morgan fingerprint density at radius 2 is 1.66 bits per heavy atom. The molecule has 170 valence electrons. The Balaban J connectivity index is 1.55. The molecule has 0 aliphatic carbocycles. The van der Waals surface area contributed by atoms with Crippen LogP contribution in [0.3, 0.4) is 0 Å². The number of ether oxygens (including phenoxy) is 2. The molecule has 0 atom stereocenters. The zero-order valence-corrected chi connectivity index (χ0v) is 17.6. The summed E-state index contributed by atoms with van der Waals surface area (Å²) in [6.45, 7) is 4.52. The third-order valence-corrected chi connectivity index (χ3v) is 5.78. The van der Waals surface area contributed by atoms with Gasteiger partial charge in [0.1, 0.15) is 0 Å². The van der Waals surface area contributed by atoms with Crippen LogP contribution in [0.15, 0.2) is 24.3 Å². The minimum absolute atomic E-state index is 0.125. The largest absolute Gasteiger partial charge is 0.381 e. The van der Waals surface area contributed by atoms with Gasteiger partial charge >= 0.3 is 0 Å². The van der Waals surface area contributed by atoms with Crippen LogP contribution < -0.4 is 10.2 Å². The first-order valence-corrected chi connectivity index (χ1v) is 10.9. The molecular weight excluding hydrogens is 420 g/mol. The van der Waals surface area contributed by atoms with E-state index in [9.17, 15) is 8.78 Å². The van der Waals surface area contributed by atoms with Crippen molar-refractivity contribution in [2.24, 2.45) is 5.92 Å². The van der Waals surface area contributed by atoms with Crippen LogP contribution in [0.5, 0.6) is 0 Å². The lowest BCUT2D eigenvalue weighted by molar-refractivity contribution is 0.0699. The summed E-state index contributed by atoms with van der Waals surface area (Å²) in [5.74, 6) is 0.980. The van der Waals surface area contributed by atoms with Crippen LogP contribution in [-0.2, 0) is 9.47 Å². The predicted molar refractivity (Wildman–Crippen MR) is 114 cm³/mol. The highest BCUT2D eigenvalue weighted by atomic mass is 19.3. The van der Waals surface area contributed by atoms with E-state index in [1.165, 1.54) is 4.57 Å². The number of morpholine rings is 1. The van der Waals surface area contributed by atoms with Gasteiger partial charge in [0, 0.05) is 32.8 Å². The van der Waals surface area contributed by atoms with Crippen molar-refractivity contribution in [3.05, 3.63) is 30.1 Å². The number of nitrogens with one attached hydrogen (secondary N) is 1. The number of fused-ring (bicyclic) bond motifs is 1. The van der Waals surface area contributed by atoms with E-state index >= 15 is 0 Å². The molecule has 9 nitrogen and oxygen atoms in total. The number of halogens is 2. The maximum absolute atomic E-state index is 13.9. The molecule has 4 heterocycles. The van der Waals surface area contributed by atoms with Crippen LogP contribution in [0.1, 0.15) is 25.1 Å². The molecule has 2 aromatic heterocycles. The van der Waals surface area contributed by atoms with Gasteiger partial charge in [0.05, 0.1) is 24.2 Å². The number of nitrogens with zero attached hydrogens (tertiary/aromatic N) is 6. The Hall–Kier alpha value is -2.92. The summed E-state index contributed by atoms with van der Waals surface area (Å²) < 4.78 is 40.0. The summed E-state index contributed by atoms with van der Waals surface area (Å²) in [4.78, 5) is 19.8. The van der Waals surface area contributed by atoms with Crippen molar-refractivity contribution in [2.75, 3.05) is 56.3 Å². The minimum atomic E-state index is -2.77. The van der Waals surface area contributed by atoms with Crippen molar-refractivity contribution in [1.29, 1.82) is 0 Å². The Morgan fingerprint density at radius 3 is 2.44 bits per heavy atom. The van der Waals surface area contributed by atoms with E-state index in [1.54, 1.807) is 24.3 Å². The number of alkyl halides is 2. The molecule has 11 heteroatoms. The lowest BCUT2D eigenvalue weighted by Crippen LogP contribution is -2.37. The molecule has 0 unspecified atom stereocenters. The Kier molecular flexibility index (Phi) is 6.08. The third kappa shape index (κ3) is 4.35. The first-order chi connectivity index (χ1) is 15.7. The van der Waals surface area contributed by atoms with Crippen molar-refractivity contribution in [1.82, 2.24) is 24.5 Å². The molecule has 2 aliphatic heterocycles. The Bertz CT molecular complexity index is 1070. The van der Waals surface area contributed by atoms with Gasteiger partial charge in [-0.2, -0.15) is 15.0 Å². The highest BCUT2D eigenvalue weighted by Crippen LogP contribution is 2.28. The second-order valence-electron chi connectivity index (χ2n) is 7.89. The highest BCUT2D eigenvalue weighted by molar-refractivity contribution is 5.77. The van der Waals surface area contributed by atoms with E-state index in [0.29, 0.717) is 61.7 Å². The van der Waals surface area contributed by atoms with Crippen molar-refractivity contribution in [3.63, 3.8) is 0 Å². The van der Waals surface area contributed by atoms with Gasteiger partial charge in [-0.05, 0) is 30.9 Å². The van der Waals surface area contributed by atoms with Crippen LogP contribution in [-0.4, -0.2) is 70.6 Å². The molecule has 0 amide bonds. The Labute approximate surface area is 183 Å². The molecule has 2 aliphatic rings. The van der Waals surface area contributed by atoms with Crippen LogP contribution in [0, 0.1) is 5.92 Å². The molecule has 5 rings (SSSR count). The molecule has 3 aromatic rings. The minimum Gasteiger partial charge on any atom is -0.381 e. The fraction of sp³-hybridized carbons (Fsp3) is 0.524. The quantitative estimate of drug-likeness (QED) is 0.620. The lowest BCUT2D eigenvalue weighted by atomic mass is 10.0. The zero-order valence-electron chi connectivity index (χ0n) is 17.6. The number of anilines is 2. The number of hydrogen-bond donors (Lipinski definition) is 1. The highest BCUT2D eigenvalue weighted by Gasteiger charge is 2.24. The zero-order chi connectivity index (χ0) is 21.9. The number of rotatable bonds is 6. The van der Waals surface area contributed by atoms with E-state index in [2.05, 4.69) is 25.3 Å². The molecule has 0 bridgehead atoms. The smallest absolute Gasteiger partial charge is 0.296 e. The molecule has 1 aromatic carbocycles. The maximum Gasteiger partial charge on any atom is 0.296 e. The average Bonchev–Trinajstić information content (AvgIpc) is 3.24. The topological polar surface area (TPSA) is 90.2 Å². The first kappa shape index (κ1) is 21.0. The normalized spacial score (nSPS) is 17.9. The van der Waals surface area contributed by atoms with Crippen LogP contribution in [0.4, 0.5) is 20.7 Å². The number of para-hydroxylation sites is 2. The first-order valence-electron chi connectivity index (χ1n) is 10.9. The lowest BCUT2D eigenvalue weighted by Gasteiger charge is -2.27. The van der Waals surface area contributed by atoms with Gasteiger partial charge in [-0.25, -0.2) is 13.8 Å². The summed E-state index contributed by atoms with van der Waals surface area (Å²) in [5, 5.41) is 3.30. The number of aromatic nitrogens is 5. The van der Waals surface area contributed by atoms with E-state index in [4.69, 9.17) is 9.47 Å². The van der Waals surface area contributed by atoms with Gasteiger partial charge in [0.25, 0.3) is 6.43 Å². The molecule has 32 heavy (non-hydrogen) atoms. The molecule has 2 fully saturated rings. The van der Waals surface area contributed by atoms with E-state index < -0.39 is 6.43 Å². The monoisotopic (exact) mass is 445 g/mol. The SMILES string of the molecule is FC(F)c1nc2ccccc2n1-c1nc(NCC2CCOCC2)nc(N2CCOCC2)n1. The summed E-state index contributed by atoms with van der Waals surface area (Å²) in [6, 6.07) is 6.99. The van der Waals surface area contributed by atoms with Gasteiger partial charge < -0.3 is 19.7 Å². The van der Waals surface area contributed by atoms with Gasteiger partial charge in [-0.15, -0.1) is 0 Å². The standard InChI is InChI=1S/C21H25F2N7O2/c22-17(23)18-25-15-3-1-2-4-16(15)30(18)21-27-19(24-13-14-5-9-31-10-6-14)26-20(28-21)29-7-11-32-12-8-29/h1-4,14,17H,5-13H2,(H,24,26,27,28). The number of imidazole rings is 1. The summed E-state index contributed by atoms with van der Waals surface area (Å²) >= 11 is 0. The van der Waals surface area contributed by atoms with Crippen molar-refractivity contribution < 1.29 is 18.3 Å². The second kappa shape index (κ2) is 9.29. The molecule has 1 N–H and O–H groups in total. The van der Waals surface area contributed by atoms with Gasteiger partial charge in [0.2, 0.25) is 17.8 Å². The predicted octanol–water partition coefficient (Wildman–Crippen LogP) is 2.82. The van der Waals surface area contributed by atoms with Crippen molar-refractivity contribution in [3.8, 4) is 5.95 Å². The fourth-order valence-corrected chi connectivity index (χ4v) is 4.03. The summed E-state index contributed by atoms with van der Waals surface area (Å²) in [5.41, 5.74) is 0.991. The number of hydrogen-bond acceptors (Lipinski definition) is 8. The molecular formula is C21H25F2N7O2. The van der Waals surface area contributed by atoms with E-state index in [1.807, 2.05) is 4.90 Å². The molecule has 0 saturated carbocycles. The number of benzene rings is 1. The van der Waals surface area contributed by atoms with Crippen LogP contribution in [0.2, 0.25) is 0 Å². The third-order valence-electron chi connectivity index (χ3n) is 5.78. The molecule has 2 saturated heterocycles.